The number of nitrogens with zero attached hydrogens (tertiary/aromatic N) is 1. The van der Waals surface area contributed by atoms with Crippen molar-refractivity contribution >= 4 is 27.3 Å². The van der Waals surface area contributed by atoms with Crippen LogP contribution in [0.4, 0.5) is 0 Å². The highest BCUT2D eigenvalue weighted by Gasteiger charge is 2.26. The summed E-state index contributed by atoms with van der Waals surface area (Å²) in [7, 11) is -3.52. The second kappa shape index (κ2) is 9.04. The van der Waals surface area contributed by atoms with E-state index in [0.717, 1.165) is 9.75 Å². The molecule has 0 aliphatic carbocycles. The number of hydrogen-bond donors (Lipinski definition) is 0. The molecule has 28 heavy (non-hydrogen) atoms. The molecule has 1 aromatic heterocycles. The van der Waals surface area contributed by atoms with Crippen molar-refractivity contribution < 1.29 is 27.4 Å². The first-order valence-electron chi connectivity index (χ1n) is 8.93. The van der Waals surface area contributed by atoms with Gasteiger partial charge in [-0.3, -0.25) is 0 Å². The number of carbonyl (C=O) groups excluding carboxylic acids is 1. The molecule has 2 aromatic rings. The first-order chi connectivity index (χ1) is 13.4. The first kappa shape index (κ1) is 20.8. The van der Waals surface area contributed by atoms with Crippen LogP contribution in [0.3, 0.4) is 0 Å². The summed E-state index contributed by atoms with van der Waals surface area (Å²) in [5, 5.41) is 0. The molecule has 0 radical (unpaired) electrons. The lowest BCUT2D eigenvalue weighted by molar-refractivity contribution is 0.0450. The maximum atomic E-state index is 12.6. The molecule has 0 bridgehead atoms. The van der Waals surface area contributed by atoms with Crippen LogP contribution in [0.5, 0.6) is 5.75 Å². The number of thiophene rings is 1. The van der Waals surface area contributed by atoms with Crippen LogP contribution in [0.1, 0.15) is 20.1 Å². The van der Waals surface area contributed by atoms with Gasteiger partial charge < -0.3 is 14.2 Å². The Kier molecular flexibility index (Phi) is 6.71. The van der Waals surface area contributed by atoms with E-state index >= 15 is 0 Å². The van der Waals surface area contributed by atoms with Crippen molar-refractivity contribution in [1.82, 2.24) is 4.31 Å². The van der Waals surface area contributed by atoms with Gasteiger partial charge in [-0.15, -0.1) is 11.3 Å². The number of esters is 1. The van der Waals surface area contributed by atoms with E-state index in [1.165, 1.54) is 16.4 Å². The maximum Gasteiger partial charge on any atom is 0.339 e. The monoisotopic (exact) mass is 425 g/mol. The first-order valence-corrected chi connectivity index (χ1v) is 11.2. The van der Waals surface area contributed by atoms with Crippen LogP contribution in [-0.2, 0) is 19.5 Å². The number of sulfonamides is 1. The number of hydrogen-bond acceptors (Lipinski definition) is 7. The summed E-state index contributed by atoms with van der Waals surface area (Å²) in [4.78, 5) is 14.3. The summed E-state index contributed by atoms with van der Waals surface area (Å²) in [5.41, 5.74) is 0.583. The lowest BCUT2D eigenvalue weighted by Crippen LogP contribution is -2.40. The highest BCUT2D eigenvalue weighted by molar-refractivity contribution is 7.89. The zero-order chi connectivity index (χ0) is 20.1. The van der Waals surface area contributed by atoms with Crippen LogP contribution < -0.4 is 4.74 Å². The molecule has 2 heterocycles. The van der Waals surface area contributed by atoms with Crippen LogP contribution in [0.2, 0.25) is 0 Å². The number of rotatable bonds is 7. The quantitative estimate of drug-likeness (QED) is 0.501. The average Bonchev–Trinajstić information content (AvgIpc) is 3.04. The second-order valence-corrected chi connectivity index (χ2v) is 9.70. The van der Waals surface area contributed by atoms with Crippen LogP contribution >= 0.6 is 11.3 Å². The molecular weight excluding hydrogens is 402 g/mol. The SMILES string of the molecule is Cc1cc(C(=O)OCCOc2ccc(S(=O)(=O)N3CCOCC3)cc2)c(C)s1. The van der Waals surface area contributed by atoms with E-state index in [1.54, 1.807) is 23.5 Å². The van der Waals surface area contributed by atoms with Gasteiger partial charge in [0.2, 0.25) is 10.0 Å². The van der Waals surface area contributed by atoms with Crippen molar-refractivity contribution in [2.24, 2.45) is 0 Å². The predicted octanol–water partition coefficient (Wildman–Crippen LogP) is 2.62. The smallest absolute Gasteiger partial charge is 0.339 e. The summed E-state index contributed by atoms with van der Waals surface area (Å²) in [5.74, 6) is 0.150. The highest BCUT2D eigenvalue weighted by Crippen LogP contribution is 2.22. The van der Waals surface area contributed by atoms with Crippen molar-refractivity contribution in [3.05, 3.63) is 45.6 Å². The molecule has 1 aliphatic rings. The van der Waals surface area contributed by atoms with Gasteiger partial charge in [-0.1, -0.05) is 0 Å². The summed E-state index contributed by atoms with van der Waals surface area (Å²) in [6.07, 6.45) is 0. The molecule has 1 saturated heterocycles. The Morgan fingerprint density at radius 3 is 2.43 bits per heavy atom. The predicted molar refractivity (Wildman–Crippen MR) is 106 cm³/mol. The fourth-order valence-electron chi connectivity index (χ4n) is 2.85. The molecule has 0 saturated carbocycles. The molecule has 3 rings (SSSR count). The number of morpholine rings is 1. The number of carbonyl (C=O) groups is 1. The minimum Gasteiger partial charge on any atom is -0.490 e. The number of ether oxygens (including phenoxy) is 3. The molecule has 0 unspecified atom stereocenters. The summed E-state index contributed by atoms with van der Waals surface area (Å²) in [6.45, 7) is 5.65. The highest BCUT2D eigenvalue weighted by atomic mass is 32.2. The van der Waals surface area contributed by atoms with Crippen LogP contribution in [0.15, 0.2) is 35.2 Å². The average molecular weight is 426 g/mol. The fourth-order valence-corrected chi connectivity index (χ4v) is 5.17. The van der Waals surface area contributed by atoms with E-state index < -0.39 is 10.0 Å². The topological polar surface area (TPSA) is 82.1 Å². The third-order valence-corrected chi connectivity index (χ3v) is 7.16. The van der Waals surface area contributed by atoms with Crippen molar-refractivity contribution in [3.63, 3.8) is 0 Å². The molecule has 0 amide bonds. The minimum atomic E-state index is -3.52. The van der Waals surface area contributed by atoms with Crippen molar-refractivity contribution in [1.29, 1.82) is 0 Å². The molecule has 0 atom stereocenters. The van der Waals surface area contributed by atoms with Gasteiger partial charge in [-0.25, -0.2) is 13.2 Å². The molecule has 7 nitrogen and oxygen atoms in total. The zero-order valence-corrected chi connectivity index (χ0v) is 17.5. The van der Waals surface area contributed by atoms with Crippen molar-refractivity contribution in [2.45, 2.75) is 18.7 Å². The van der Waals surface area contributed by atoms with Crippen molar-refractivity contribution in [2.75, 3.05) is 39.5 Å². The lowest BCUT2D eigenvalue weighted by Gasteiger charge is -2.26. The van der Waals surface area contributed by atoms with Gasteiger partial charge in [0, 0.05) is 22.8 Å². The van der Waals surface area contributed by atoms with Crippen molar-refractivity contribution in [3.8, 4) is 5.75 Å². The van der Waals surface area contributed by atoms with Gasteiger partial charge in [-0.05, 0) is 44.2 Å². The van der Waals surface area contributed by atoms with E-state index in [1.807, 2.05) is 19.9 Å². The van der Waals surface area contributed by atoms with E-state index in [-0.39, 0.29) is 24.1 Å². The molecule has 0 N–H and O–H groups in total. The summed E-state index contributed by atoms with van der Waals surface area (Å²) < 4.78 is 42.5. The Morgan fingerprint density at radius 1 is 1.14 bits per heavy atom. The van der Waals surface area contributed by atoms with Crippen LogP contribution in [-0.4, -0.2) is 58.2 Å². The van der Waals surface area contributed by atoms with Gasteiger partial charge in [-0.2, -0.15) is 4.31 Å². The van der Waals surface area contributed by atoms with Gasteiger partial charge >= 0.3 is 5.97 Å². The molecule has 152 valence electrons. The third-order valence-electron chi connectivity index (χ3n) is 4.28. The Balaban J connectivity index is 1.49. The van der Waals surface area contributed by atoms with E-state index in [0.29, 0.717) is 37.6 Å². The standard InChI is InChI=1S/C19H23NO6S2/c1-14-13-18(15(2)27-14)19(21)26-12-11-25-16-3-5-17(6-4-16)28(22,23)20-7-9-24-10-8-20/h3-6,13H,7-12H2,1-2H3. The minimum absolute atomic E-state index is 0.112. The maximum absolute atomic E-state index is 12.6. The number of aryl methyl sites for hydroxylation is 2. The molecule has 1 aromatic carbocycles. The Bertz CT molecular complexity index is 914. The summed E-state index contributed by atoms with van der Waals surface area (Å²) in [6, 6.07) is 8.05. The molecular formula is C19H23NO6S2. The van der Waals surface area contributed by atoms with E-state index in [9.17, 15) is 13.2 Å². The largest absolute Gasteiger partial charge is 0.490 e. The number of benzene rings is 1. The molecule has 9 heteroatoms. The third kappa shape index (κ3) is 4.91. The summed E-state index contributed by atoms with van der Waals surface area (Å²) >= 11 is 1.56. The van der Waals surface area contributed by atoms with Crippen LogP contribution in [0, 0.1) is 13.8 Å². The van der Waals surface area contributed by atoms with Gasteiger partial charge in [0.1, 0.15) is 19.0 Å². The molecule has 1 aliphatic heterocycles. The normalized spacial score (nSPS) is 15.4. The zero-order valence-electron chi connectivity index (χ0n) is 15.8. The molecule has 0 spiro atoms. The lowest BCUT2D eigenvalue weighted by atomic mass is 10.2. The second-order valence-electron chi connectivity index (χ2n) is 6.30. The van der Waals surface area contributed by atoms with Gasteiger partial charge in [0.15, 0.2) is 0 Å². The van der Waals surface area contributed by atoms with Gasteiger partial charge in [0.25, 0.3) is 0 Å². The van der Waals surface area contributed by atoms with Gasteiger partial charge in [0.05, 0.1) is 23.7 Å². The Labute approximate surface area is 168 Å². The van der Waals surface area contributed by atoms with E-state index in [4.69, 9.17) is 14.2 Å². The fraction of sp³-hybridized carbons (Fsp3) is 0.421. The Morgan fingerprint density at radius 2 is 1.82 bits per heavy atom. The van der Waals surface area contributed by atoms with E-state index in [2.05, 4.69) is 0 Å². The van der Waals surface area contributed by atoms with Crippen LogP contribution in [0.25, 0.3) is 0 Å². The Hall–Kier alpha value is -1.94. The molecule has 1 fully saturated rings.